The second-order valence-corrected chi connectivity index (χ2v) is 8.71. The molecule has 0 atom stereocenters. The van der Waals surface area contributed by atoms with Gasteiger partial charge in [-0.25, -0.2) is 14.6 Å². The number of rotatable bonds is 5. The first-order chi connectivity index (χ1) is 14.9. The molecule has 0 radical (unpaired) electrons. The molecule has 0 aliphatic heterocycles. The van der Waals surface area contributed by atoms with Crippen molar-refractivity contribution < 1.29 is 13.2 Å². The van der Waals surface area contributed by atoms with E-state index in [2.05, 4.69) is 21.9 Å². The van der Waals surface area contributed by atoms with Crippen molar-refractivity contribution in [1.82, 2.24) is 29.3 Å². The van der Waals surface area contributed by atoms with Crippen molar-refractivity contribution >= 4 is 22.8 Å². The van der Waals surface area contributed by atoms with E-state index >= 15 is 0 Å². The topological polar surface area (TPSA) is 61.4 Å². The Morgan fingerprint density at radius 2 is 1.94 bits per heavy atom. The van der Waals surface area contributed by atoms with Crippen LogP contribution in [0.15, 0.2) is 41.7 Å². The molecule has 0 unspecified atom stereocenters. The van der Waals surface area contributed by atoms with Gasteiger partial charge in [0.1, 0.15) is 11.4 Å². The van der Waals surface area contributed by atoms with Gasteiger partial charge in [-0.1, -0.05) is 6.92 Å². The molecule has 4 aromatic rings. The van der Waals surface area contributed by atoms with E-state index in [0.717, 1.165) is 40.9 Å². The van der Waals surface area contributed by atoms with Gasteiger partial charge in [-0.3, -0.25) is 4.98 Å². The number of nitrogens with zero attached hydrogens (tertiary/aromatic N) is 6. The molecule has 0 aromatic carbocycles. The van der Waals surface area contributed by atoms with Crippen molar-refractivity contribution in [3.05, 3.63) is 48.2 Å². The molecule has 0 amide bonds. The third kappa shape index (κ3) is 3.48. The predicted molar refractivity (Wildman–Crippen MR) is 112 cm³/mol. The van der Waals surface area contributed by atoms with Gasteiger partial charge in [0.15, 0.2) is 5.82 Å². The summed E-state index contributed by atoms with van der Waals surface area (Å²) >= 11 is 1.69. The minimum atomic E-state index is -4.52. The maximum Gasteiger partial charge on any atom is 0.433 e. The zero-order valence-corrected chi connectivity index (χ0v) is 17.7. The summed E-state index contributed by atoms with van der Waals surface area (Å²) in [5.41, 5.74) is 2.54. The van der Waals surface area contributed by atoms with Crippen molar-refractivity contribution in [2.24, 2.45) is 7.05 Å². The Balaban J connectivity index is 1.73. The number of thioether (sulfide) groups is 1. The molecule has 1 fully saturated rings. The van der Waals surface area contributed by atoms with Crippen LogP contribution in [0.25, 0.3) is 28.2 Å². The normalized spacial score (nSPS) is 14.5. The minimum absolute atomic E-state index is 0.249. The van der Waals surface area contributed by atoms with Gasteiger partial charge in [-0.15, -0.1) is 11.8 Å². The molecule has 0 bridgehead atoms. The SMILES string of the molecule is CCSc1c(-c2nc3cc(C(F)(F)F)ncc3n2C)nn(-c2ccncc2)c1C1CC1. The highest BCUT2D eigenvalue weighted by atomic mass is 32.2. The molecule has 31 heavy (non-hydrogen) atoms. The van der Waals surface area contributed by atoms with E-state index in [0.29, 0.717) is 23.0 Å². The number of imidazole rings is 1. The minimum Gasteiger partial charge on any atom is -0.324 e. The fourth-order valence-corrected chi connectivity index (χ4v) is 4.66. The molecule has 0 spiro atoms. The fraction of sp³-hybridized carbons (Fsp3) is 0.333. The molecule has 1 aliphatic carbocycles. The number of halogens is 3. The van der Waals surface area contributed by atoms with E-state index in [-0.39, 0.29) is 5.52 Å². The second kappa shape index (κ2) is 7.37. The van der Waals surface area contributed by atoms with Gasteiger partial charge >= 0.3 is 6.18 Å². The number of fused-ring (bicyclic) bond motifs is 1. The van der Waals surface area contributed by atoms with Crippen LogP contribution in [-0.4, -0.2) is 35.1 Å². The number of hydrogen-bond donors (Lipinski definition) is 0. The van der Waals surface area contributed by atoms with E-state index in [1.807, 2.05) is 16.8 Å². The number of hydrogen-bond acceptors (Lipinski definition) is 5. The highest BCUT2D eigenvalue weighted by Gasteiger charge is 2.35. The number of aromatic nitrogens is 6. The number of alkyl halides is 3. The van der Waals surface area contributed by atoms with Gasteiger partial charge in [0.25, 0.3) is 0 Å². The molecule has 160 valence electrons. The van der Waals surface area contributed by atoms with E-state index in [9.17, 15) is 13.2 Å². The lowest BCUT2D eigenvalue weighted by atomic mass is 10.2. The molecule has 4 heterocycles. The molecule has 10 heteroatoms. The molecule has 4 aromatic heterocycles. The molecular weight excluding hydrogens is 425 g/mol. The van der Waals surface area contributed by atoms with Crippen molar-refractivity contribution in [2.75, 3.05) is 5.75 Å². The maximum absolute atomic E-state index is 13.1. The Labute approximate surface area is 180 Å². The quantitative estimate of drug-likeness (QED) is 0.395. The van der Waals surface area contributed by atoms with Crippen LogP contribution in [0.5, 0.6) is 0 Å². The summed E-state index contributed by atoms with van der Waals surface area (Å²) in [6.07, 6.45) is 2.34. The summed E-state index contributed by atoms with van der Waals surface area (Å²) < 4.78 is 43.1. The molecule has 0 N–H and O–H groups in total. The third-order valence-electron chi connectivity index (χ3n) is 5.31. The predicted octanol–water partition coefficient (Wildman–Crippen LogP) is 5.22. The average molecular weight is 444 g/mol. The second-order valence-electron chi connectivity index (χ2n) is 7.44. The van der Waals surface area contributed by atoms with Gasteiger partial charge in [0, 0.05) is 25.4 Å². The summed E-state index contributed by atoms with van der Waals surface area (Å²) in [6, 6.07) is 4.79. The third-order valence-corrected chi connectivity index (χ3v) is 6.29. The number of pyridine rings is 2. The highest BCUT2D eigenvalue weighted by Crippen LogP contribution is 2.48. The summed E-state index contributed by atoms with van der Waals surface area (Å²) in [5.74, 6) is 1.79. The molecule has 1 aliphatic rings. The lowest BCUT2D eigenvalue weighted by molar-refractivity contribution is -0.141. The van der Waals surface area contributed by atoms with Crippen LogP contribution in [-0.2, 0) is 13.2 Å². The molecule has 0 saturated heterocycles. The van der Waals surface area contributed by atoms with E-state index in [4.69, 9.17) is 5.10 Å². The first kappa shape index (κ1) is 20.0. The van der Waals surface area contributed by atoms with Gasteiger partial charge in [-0.2, -0.15) is 18.3 Å². The summed E-state index contributed by atoms with van der Waals surface area (Å²) in [5, 5.41) is 4.90. The zero-order chi connectivity index (χ0) is 21.8. The van der Waals surface area contributed by atoms with Crippen LogP contribution in [0.1, 0.15) is 37.1 Å². The van der Waals surface area contributed by atoms with Gasteiger partial charge < -0.3 is 4.57 Å². The average Bonchev–Trinajstić information content (AvgIpc) is 3.45. The first-order valence-corrected chi connectivity index (χ1v) is 10.9. The van der Waals surface area contributed by atoms with Crippen molar-refractivity contribution in [1.29, 1.82) is 0 Å². The van der Waals surface area contributed by atoms with E-state index in [1.165, 1.54) is 6.20 Å². The standard InChI is InChI=1S/C21H19F3N6S/c1-3-31-19-17(28-30(18(19)12-4-5-12)13-6-8-25-9-7-13)20-27-14-10-16(21(22,23)24)26-11-15(14)29(20)2/h6-12H,3-5H2,1-2H3. The van der Waals surface area contributed by atoms with Crippen molar-refractivity contribution in [2.45, 2.75) is 36.8 Å². The van der Waals surface area contributed by atoms with Gasteiger partial charge in [0.2, 0.25) is 0 Å². The smallest absolute Gasteiger partial charge is 0.324 e. The van der Waals surface area contributed by atoms with Crippen LogP contribution in [0.4, 0.5) is 13.2 Å². The van der Waals surface area contributed by atoms with E-state index in [1.54, 1.807) is 35.8 Å². The lowest BCUT2D eigenvalue weighted by Crippen LogP contribution is -2.07. The van der Waals surface area contributed by atoms with Crippen LogP contribution in [0.3, 0.4) is 0 Å². The van der Waals surface area contributed by atoms with Crippen LogP contribution >= 0.6 is 11.8 Å². The highest BCUT2D eigenvalue weighted by molar-refractivity contribution is 7.99. The Kier molecular flexibility index (Phi) is 4.76. The largest absolute Gasteiger partial charge is 0.433 e. The molecule has 5 rings (SSSR count). The summed E-state index contributed by atoms with van der Waals surface area (Å²) in [7, 11) is 1.78. The first-order valence-electron chi connectivity index (χ1n) is 9.94. The fourth-order valence-electron chi connectivity index (χ4n) is 3.70. The van der Waals surface area contributed by atoms with Crippen molar-refractivity contribution in [3.63, 3.8) is 0 Å². The summed E-state index contributed by atoms with van der Waals surface area (Å²) in [4.78, 5) is 13.3. The Hall–Kier alpha value is -2.88. The Morgan fingerprint density at radius 3 is 2.58 bits per heavy atom. The molecule has 1 saturated carbocycles. The Bertz CT molecular complexity index is 1260. The van der Waals surface area contributed by atoms with Crippen LogP contribution < -0.4 is 0 Å². The zero-order valence-electron chi connectivity index (χ0n) is 16.9. The van der Waals surface area contributed by atoms with Gasteiger partial charge in [0.05, 0.1) is 33.5 Å². The Morgan fingerprint density at radius 1 is 1.19 bits per heavy atom. The van der Waals surface area contributed by atoms with Gasteiger partial charge in [-0.05, 0) is 36.8 Å². The van der Waals surface area contributed by atoms with E-state index < -0.39 is 11.9 Å². The monoisotopic (exact) mass is 444 g/mol. The van der Waals surface area contributed by atoms with Crippen LogP contribution in [0.2, 0.25) is 0 Å². The molecule has 6 nitrogen and oxygen atoms in total. The maximum atomic E-state index is 13.1. The number of aryl methyl sites for hydroxylation is 1. The molecular formula is C21H19F3N6S. The summed E-state index contributed by atoms with van der Waals surface area (Å²) in [6.45, 7) is 2.07. The lowest BCUT2D eigenvalue weighted by Gasteiger charge is -2.07. The van der Waals surface area contributed by atoms with Crippen LogP contribution in [0, 0.1) is 0 Å². The van der Waals surface area contributed by atoms with Crippen molar-refractivity contribution in [3.8, 4) is 17.2 Å².